The predicted molar refractivity (Wildman–Crippen MR) is 92.7 cm³/mol. The van der Waals surface area contributed by atoms with E-state index in [9.17, 15) is 0 Å². The van der Waals surface area contributed by atoms with Crippen LogP contribution in [-0.2, 0) is 13.0 Å². The highest BCUT2D eigenvalue weighted by molar-refractivity contribution is 5.30. The number of hydrogen-bond donors (Lipinski definition) is 1. The van der Waals surface area contributed by atoms with Crippen LogP contribution >= 0.6 is 0 Å². The number of H-pyrrole nitrogens is 1. The Morgan fingerprint density at radius 1 is 1.04 bits per heavy atom. The van der Waals surface area contributed by atoms with Crippen LogP contribution in [0.3, 0.4) is 0 Å². The number of nitrogens with zero attached hydrogens (tertiary/aromatic N) is 1. The predicted octanol–water partition coefficient (Wildman–Crippen LogP) is 4.70. The largest absolute Gasteiger partial charge is 0.487 e. The number of aromatic nitrogens is 2. The summed E-state index contributed by atoms with van der Waals surface area (Å²) in [4.78, 5) is 7.83. The molecule has 3 heteroatoms. The van der Waals surface area contributed by atoms with Gasteiger partial charge in [-0.15, -0.1) is 0 Å². The van der Waals surface area contributed by atoms with Gasteiger partial charge in [0.15, 0.2) is 0 Å². The van der Waals surface area contributed by atoms with Gasteiger partial charge in [0.2, 0.25) is 0 Å². The minimum absolute atomic E-state index is 0.479. The van der Waals surface area contributed by atoms with E-state index in [0.29, 0.717) is 12.5 Å². The van der Waals surface area contributed by atoms with Gasteiger partial charge in [-0.2, -0.15) is 0 Å². The van der Waals surface area contributed by atoms with Crippen LogP contribution in [0.4, 0.5) is 0 Å². The Morgan fingerprint density at radius 2 is 1.87 bits per heavy atom. The molecule has 3 aromatic rings. The molecule has 23 heavy (non-hydrogen) atoms. The SMILES string of the molecule is CC(C)c1cccc(OCc2c[nH]c(Cc3ccccc3)n2)c1. The number of rotatable bonds is 6. The molecule has 0 saturated carbocycles. The Kier molecular flexibility index (Phi) is 4.77. The monoisotopic (exact) mass is 306 g/mol. The molecule has 0 spiro atoms. The van der Waals surface area contributed by atoms with Crippen molar-refractivity contribution in [3.05, 3.63) is 83.4 Å². The van der Waals surface area contributed by atoms with E-state index in [-0.39, 0.29) is 0 Å². The van der Waals surface area contributed by atoms with Crippen LogP contribution in [0, 0.1) is 0 Å². The zero-order chi connectivity index (χ0) is 16.1. The Balaban J connectivity index is 1.60. The maximum absolute atomic E-state index is 5.86. The second-order valence-electron chi connectivity index (χ2n) is 6.02. The number of benzene rings is 2. The first kappa shape index (κ1) is 15.3. The Bertz CT molecular complexity index is 747. The molecule has 1 aromatic heterocycles. The maximum atomic E-state index is 5.86. The van der Waals surface area contributed by atoms with Gasteiger partial charge in [-0.25, -0.2) is 4.98 Å². The number of ether oxygens (including phenoxy) is 1. The fraction of sp³-hybridized carbons (Fsp3) is 0.250. The number of hydrogen-bond acceptors (Lipinski definition) is 2. The van der Waals surface area contributed by atoms with E-state index in [1.807, 2.05) is 36.5 Å². The molecule has 0 fully saturated rings. The standard InChI is InChI=1S/C20H22N2O/c1-15(2)17-9-6-10-19(12-17)23-14-18-13-21-20(22-18)11-16-7-4-3-5-8-16/h3-10,12-13,15H,11,14H2,1-2H3,(H,21,22). The third kappa shape index (κ3) is 4.22. The fourth-order valence-corrected chi connectivity index (χ4v) is 2.48. The van der Waals surface area contributed by atoms with Gasteiger partial charge in [0.05, 0.1) is 5.69 Å². The molecule has 118 valence electrons. The van der Waals surface area contributed by atoms with E-state index in [4.69, 9.17) is 4.74 Å². The summed E-state index contributed by atoms with van der Waals surface area (Å²) in [5.41, 5.74) is 3.46. The quantitative estimate of drug-likeness (QED) is 0.716. The van der Waals surface area contributed by atoms with Crippen LogP contribution in [0.2, 0.25) is 0 Å². The first-order valence-corrected chi connectivity index (χ1v) is 8.00. The van der Waals surface area contributed by atoms with E-state index >= 15 is 0 Å². The molecule has 0 aliphatic carbocycles. The van der Waals surface area contributed by atoms with Crippen molar-refractivity contribution in [1.82, 2.24) is 9.97 Å². The van der Waals surface area contributed by atoms with Crippen LogP contribution in [0.1, 0.15) is 42.4 Å². The third-order valence-corrected chi connectivity index (χ3v) is 3.81. The van der Waals surface area contributed by atoms with Crippen LogP contribution in [0.15, 0.2) is 60.8 Å². The normalized spacial score (nSPS) is 10.9. The Morgan fingerprint density at radius 3 is 2.65 bits per heavy atom. The topological polar surface area (TPSA) is 37.9 Å². The molecule has 0 aliphatic rings. The Labute approximate surface area is 137 Å². The van der Waals surface area contributed by atoms with Crippen LogP contribution in [0.5, 0.6) is 5.75 Å². The van der Waals surface area contributed by atoms with Crippen molar-refractivity contribution in [1.29, 1.82) is 0 Å². The first-order chi connectivity index (χ1) is 11.2. The van der Waals surface area contributed by atoms with E-state index in [0.717, 1.165) is 23.7 Å². The highest BCUT2D eigenvalue weighted by Crippen LogP contribution is 2.20. The van der Waals surface area contributed by atoms with E-state index < -0.39 is 0 Å². The molecule has 0 aliphatic heterocycles. The van der Waals surface area contributed by atoms with Crippen molar-refractivity contribution >= 4 is 0 Å². The molecule has 0 bridgehead atoms. The van der Waals surface area contributed by atoms with Crippen LogP contribution in [-0.4, -0.2) is 9.97 Å². The number of nitrogens with one attached hydrogen (secondary N) is 1. The van der Waals surface area contributed by atoms with Gasteiger partial charge >= 0.3 is 0 Å². The van der Waals surface area contributed by atoms with Gasteiger partial charge in [-0.3, -0.25) is 0 Å². The summed E-state index contributed by atoms with van der Waals surface area (Å²) >= 11 is 0. The zero-order valence-electron chi connectivity index (χ0n) is 13.6. The van der Waals surface area contributed by atoms with Gasteiger partial charge < -0.3 is 9.72 Å². The summed E-state index contributed by atoms with van der Waals surface area (Å²) in [6, 6.07) is 18.6. The van der Waals surface area contributed by atoms with Gasteiger partial charge in [0.1, 0.15) is 18.2 Å². The van der Waals surface area contributed by atoms with Gasteiger partial charge in [0, 0.05) is 12.6 Å². The number of aromatic amines is 1. The van der Waals surface area contributed by atoms with E-state index in [1.54, 1.807) is 0 Å². The fourth-order valence-electron chi connectivity index (χ4n) is 2.48. The van der Waals surface area contributed by atoms with Gasteiger partial charge in [-0.05, 0) is 29.2 Å². The lowest BCUT2D eigenvalue weighted by atomic mass is 10.0. The second-order valence-corrected chi connectivity index (χ2v) is 6.02. The molecule has 0 atom stereocenters. The summed E-state index contributed by atoms with van der Waals surface area (Å²) in [5, 5.41) is 0. The lowest BCUT2D eigenvalue weighted by Gasteiger charge is -2.09. The van der Waals surface area contributed by atoms with Crippen LogP contribution < -0.4 is 4.74 Å². The molecule has 0 amide bonds. The van der Waals surface area contributed by atoms with Crippen molar-refractivity contribution in [2.45, 2.75) is 32.8 Å². The summed E-state index contributed by atoms with van der Waals surface area (Å²) in [6.45, 7) is 4.85. The van der Waals surface area contributed by atoms with Crippen molar-refractivity contribution < 1.29 is 4.74 Å². The molecular formula is C20H22N2O. The number of imidazole rings is 1. The third-order valence-electron chi connectivity index (χ3n) is 3.81. The summed E-state index contributed by atoms with van der Waals surface area (Å²) in [5.74, 6) is 2.36. The van der Waals surface area contributed by atoms with E-state index in [1.165, 1.54) is 11.1 Å². The molecule has 3 nitrogen and oxygen atoms in total. The molecule has 0 unspecified atom stereocenters. The summed E-state index contributed by atoms with van der Waals surface area (Å²) in [6.07, 6.45) is 2.73. The second kappa shape index (κ2) is 7.14. The zero-order valence-corrected chi connectivity index (χ0v) is 13.6. The smallest absolute Gasteiger partial charge is 0.132 e. The molecular weight excluding hydrogens is 284 g/mol. The van der Waals surface area contributed by atoms with Gasteiger partial charge in [-0.1, -0.05) is 56.3 Å². The van der Waals surface area contributed by atoms with Crippen molar-refractivity contribution in [3.8, 4) is 5.75 Å². The first-order valence-electron chi connectivity index (χ1n) is 8.00. The van der Waals surface area contributed by atoms with Crippen molar-refractivity contribution in [2.75, 3.05) is 0 Å². The molecule has 1 N–H and O–H groups in total. The molecule has 0 saturated heterocycles. The maximum Gasteiger partial charge on any atom is 0.132 e. The van der Waals surface area contributed by atoms with Crippen molar-refractivity contribution in [3.63, 3.8) is 0 Å². The van der Waals surface area contributed by atoms with E-state index in [2.05, 4.69) is 48.1 Å². The average Bonchev–Trinajstić information content (AvgIpc) is 3.01. The molecule has 2 aromatic carbocycles. The lowest BCUT2D eigenvalue weighted by molar-refractivity contribution is 0.301. The van der Waals surface area contributed by atoms with Crippen molar-refractivity contribution in [2.24, 2.45) is 0 Å². The minimum atomic E-state index is 0.479. The summed E-state index contributed by atoms with van der Waals surface area (Å²) in [7, 11) is 0. The van der Waals surface area contributed by atoms with Crippen LogP contribution in [0.25, 0.3) is 0 Å². The molecule has 0 radical (unpaired) electrons. The average molecular weight is 306 g/mol. The summed E-state index contributed by atoms with van der Waals surface area (Å²) < 4.78 is 5.86. The highest BCUT2D eigenvalue weighted by Gasteiger charge is 2.05. The molecule has 3 rings (SSSR count). The Hall–Kier alpha value is -2.55. The van der Waals surface area contributed by atoms with Gasteiger partial charge in [0.25, 0.3) is 0 Å². The highest BCUT2D eigenvalue weighted by atomic mass is 16.5. The minimum Gasteiger partial charge on any atom is -0.487 e. The lowest BCUT2D eigenvalue weighted by Crippen LogP contribution is -1.97. The molecule has 1 heterocycles.